The standard InChI is InChI=1S/C17H20N2O2/c1-20-17-12-14(21-13-7-10-18-11-8-13)5-6-15(17)16-4-2-3-9-19-16/h2-6,9,12-13,18H,7-8,10-11H2,1H3. The van der Waals surface area contributed by atoms with Gasteiger partial charge in [-0.05, 0) is 50.2 Å². The van der Waals surface area contributed by atoms with Crippen molar-refractivity contribution in [2.75, 3.05) is 20.2 Å². The van der Waals surface area contributed by atoms with E-state index in [0.717, 1.165) is 48.7 Å². The summed E-state index contributed by atoms with van der Waals surface area (Å²) in [7, 11) is 1.68. The molecule has 0 spiro atoms. The first kappa shape index (κ1) is 13.9. The van der Waals surface area contributed by atoms with Gasteiger partial charge in [0.1, 0.15) is 17.6 Å². The summed E-state index contributed by atoms with van der Waals surface area (Å²) in [5, 5.41) is 3.34. The third-order valence-corrected chi connectivity index (χ3v) is 3.70. The lowest BCUT2D eigenvalue weighted by Crippen LogP contribution is -2.34. The van der Waals surface area contributed by atoms with Gasteiger partial charge in [0.25, 0.3) is 0 Å². The fraction of sp³-hybridized carbons (Fsp3) is 0.353. The maximum atomic E-state index is 6.05. The summed E-state index contributed by atoms with van der Waals surface area (Å²) in [6.07, 6.45) is 4.17. The van der Waals surface area contributed by atoms with E-state index >= 15 is 0 Å². The molecule has 1 fully saturated rings. The molecule has 0 radical (unpaired) electrons. The number of benzene rings is 1. The highest BCUT2D eigenvalue weighted by atomic mass is 16.5. The molecule has 4 nitrogen and oxygen atoms in total. The number of rotatable bonds is 4. The van der Waals surface area contributed by atoms with E-state index in [1.807, 2.05) is 36.4 Å². The van der Waals surface area contributed by atoms with Crippen LogP contribution in [0.2, 0.25) is 0 Å². The molecule has 1 aliphatic heterocycles. The summed E-state index contributed by atoms with van der Waals surface area (Å²) < 4.78 is 11.5. The van der Waals surface area contributed by atoms with Crippen molar-refractivity contribution in [3.05, 3.63) is 42.6 Å². The average Bonchev–Trinajstić information content (AvgIpc) is 2.56. The number of pyridine rings is 1. The van der Waals surface area contributed by atoms with Crippen molar-refractivity contribution < 1.29 is 9.47 Å². The highest BCUT2D eigenvalue weighted by molar-refractivity contribution is 5.68. The molecule has 0 atom stereocenters. The Bertz CT molecular complexity index is 581. The molecule has 1 saturated heterocycles. The first-order valence-electron chi connectivity index (χ1n) is 7.33. The van der Waals surface area contributed by atoms with Crippen molar-refractivity contribution in [3.63, 3.8) is 0 Å². The van der Waals surface area contributed by atoms with Gasteiger partial charge in [-0.3, -0.25) is 4.98 Å². The first-order valence-corrected chi connectivity index (χ1v) is 7.33. The summed E-state index contributed by atoms with van der Waals surface area (Å²) in [5.41, 5.74) is 1.89. The van der Waals surface area contributed by atoms with Crippen molar-refractivity contribution in [3.8, 4) is 22.8 Å². The summed E-state index contributed by atoms with van der Waals surface area (Å²) in [5.74, 6) is 1.65. The number of hydrogen-bond donors (Lipinski definition) is 1. The van der Waals surface area contributed by atoms with Gasteiger partial charge >= 0.3 is 0 Å². The number of nitrogens with one attached hydrogen (secondary N) is 1. The van der Waals surface area contributed by atoms with Crippen LogP contribution in [0.5, 0.6) is 11.5 Å². The van der Waals surface area contributed by atoms with E-state index in [-0.39, 0.29) is 6.10 Å². The van der Waals surface area contributed by atoms with Gasteiger partial charge < -0.3 is 14.8 Å². The van der Waals surface area contributed by atoms with E-state index in [4.69, 9.17) is 9.47 Å². The monoisotopic (exact) mass is 284 g/mol. The van der Waals surface area contributed by atoms with E-state index in [1.165, 1.54) is 0 Å². The van der Waals surface area contributed by atoms with Crippen molar-refractivity contribution in [1.82, 2.24) is 10.3 Å². The minimum Gasteiger partial charge on any atom is -0.496 e. The zero-order chi connectivity index (χ0) is 14.5. The zero-order valence-electron chi connectivity index (χ0n) is 12.2. The molecule has 4 heteroatoms. The topological polar surface area (TPSA) is 43.4 Å². The van der Waals surface area contributed by atoms with E-state index < -0.39 is 0 Å². The van der Waals surface area contributed by atoms with Gasteiger partial charge in [0.15, 0.2) is 0 Å². The number of methoxy groups -OCH3 is 1. The molecule has 3 rings (SSSR count). The highest BCUT2D eigenvalue weighted by Gasteiger charge is 2.15. The fourth-order valence-corrected chi connectivity index (χ4v) is 2.58. The summed E-state index contributed by atoms with van der Waals surface area (Å²) in [6, 6.07) is 11.8. The fourth-order valence-electron chi connectivity index (χ4n) is 2.58. The number of ether oxygens (including phenoxy) is 2. The Morgan fingerprint density at radius 3 is 2.71 bits per heavy atom. The highest BCUT2D eigenvalue weighted by Crippen LogP contribution is 2.32. The van der Waals surface area contributed by atoms with Crippen LogP contribution in [-0.4, -0.2) is 31.3 Å². The Balaban J connectivity index is 1.81. The molecule has 110 valence electrons. The smallest absolute Gasteiger partial charge is 0.131 e. The molecular weight excluding hydrogens is 264 g/mol. The van der Waals surface area contributed by atoms with Crippen LogP contribution < -0.4 is 14.8 Å². The number of nitrogens with zero attached hydrogens (tertiary/aromatic N) is 1. The third kappa shape index (κ3) is 3.34. The lowest BCUT2D eigenvalue weighted by Gasteiger charge is -2.24. The molecule has 0 bridgehead atoms. The Labute approximate surface area is 125 Å². The van der Waals surface area contributed by atoms with Gasteiger partial charge in [-0.2, -0.15) is 0 Å². The van der Waals surface area contributed by atoms with Crippen LogP contribution in [0, 0.1) is 0 Å². The lowest BCUT2D eigenvalue weighted by atomic mass is 10.1. The van der Waals surface area contributed by atoms with E-state index in [0.29, 0.717) is 0 Å². The molecule has 1 N–H and O–H groups in total. The predicted molar refractivity (Wildman–Crippen MR) is 82.7 cm³/mol. The molecule has 1 aliphatic rings. The molecule has 2 aromatic rings. The largest absolute Gasteiger partial charge is 0.496 e. The molecule has 1 aromatic heterocycles. The van der Waals surface area contributed by atoms with Crippen LogP contribution in [0.4, 0.5) is 0 Å². The Morgan fingerprint density at radius 2 is 2.00 bits per heavy atom. The minimum absolute atomic E-state index is 0.289. The van der Waals surface area contributed by atoms with Crippen LogP contribution in [-0.2, 0) is 0 Å². The van der Waals surface area contributed by atoms with Crippen molar-refractivity contribution in [2.45, 2.75) is 18.9 Å². The quantitative estimate of drug-likeness (QED) is 0.937. The SMILES string of the molecule is COc1cc(OC2CCNCC2)ccc1-c1ccccn1. The van der Waals surface area contributed by atoms with Crippen molar-refractivity contribution in [2.24, 2.45) is 0 Å². The maximum Gasteiger partial charge on any atom is 0.131 e. The maximum absolute atomic E-state index is 6.05. The van der Waals surface area contributed by atoms with Gasteiger partial charge in [0, 0.05) is 17.8 Å². The molecule has 0 amide bonds. The summed E-state index contributed by atoms with van der Waals surface area (Å²) in [4.78, 5) is 4.37. The summed E-state index contributed by atoms with van der Waals surface area (Å²) in [6.45, 7) is 2.04. The van der Waals surface area contributed by atoms with Gasteiger partial charge in [-0.15, -0.1) is 0 Å². The Kier molecular flexibility index (Phi) is 4.36. The Morgan fingerprint density at radius 1 is 1.14 bits per heavy atom. The molecular formula is C17H20N2O2. The average molecular weight is 284 g/mol. The normalized spacial score (nSPS) is 15.7. The number of aromatic nitrogens is 1. The van der Waals surface area contributed by atoms with Gasteiger partial charge in [0.05, 0.1) is 12.8 Å². The van der Waals surface area contributed by atoms with Crippen LogP contribution in [0.25, 0.3) is 11.3 Å². The van der Waals surface area contributed by atoms with Crippen LogP contribution in [0.3, 0.4) is 0 Å². The van der Waals surface area contributed by atoms with Crippen molar-refractivity contribution in [1.29, 1.82) is 0 Å². The molecule has 21 heavy (non-hydrogen) atoms. The third-order valence-electron chi connectivity index (χ3n) is 3.70. The van der Waals surface area contributed by atoms with Gasteiger partial charge in [-0.1, -0.05) is 6.07 Å². The van der Waals surface area contributed by atoms with E-state index in [9.17, 15) is 0 Å². The summed E-state index contributed by atoms with van der Waals surface area (Å²) >= 11 is 0. The van der Waals surface area contributed by atoms with E-state index in [2.05, 4.69) is 10.3 Å². The minimum atomic E-state index is 0.289. The zero-order valence-corrected chi connectivity index (χ0v) is 12.2. The number of piperidine rings is 1. The second kappa shape index (κ2) is 6.59. The lowest BCUT2D eigenvalue weighted by molar-refractivity contribution is 0.162. The van der Waals surface area contributed by atoms with Gasteiger partial charge in [-0.25, -0.2) is 0 Å². The molecule has 1 aromatic carbocycles. The second-order valence-electron chi connectivity index (χ2n) is 5.14. The van der Waals surface area contributed by atoms with Crippen molar-refractivity contribution >= 4 is 0 Å². The molecule has 0 aliphatic carbocycles. The molecule has 0 unspecified atom stereocenters. The Hall–Kier alpha value is -2.07. The molecule has 2 heterocycles. The van der Waals surface area contributed by atoms with E-state index in [1.54, 1.807) is 13.3 Å². The van der Waals surface area contributed by atoms with Crippen LogP contribution >= 0.6 is 0 Å². The predicted octanol–water partition coefficient (Wildman–Crippen LogP) is 2.89. The second-order valence-corrected chi connectivity index (χ2v) is 5.14. The van der Waals surface area contributed by atoms with Crippen LogP contribution in [0.15, 0.2) is 42.6 Å². The van der Waals surface area contributed by atoms with Gasteiger partial charge in [0.2, 0.25) is 0 Å². The number of hydrogen-bond acceptors (Lipinski definition) is 4. The molecule has 0 saturated carbocycles. The van der Waals surface area contributed by atoms with Crippen LogP contribution in [0.1, 0.15) is 12.8 Å². The first-order chi connectivity index (χ1) is 10.4.